The van der Waals surface area contributed by atoms with Gasteiger partial charge >= 0.3 is 5.97 Å². The van der Waals surface area contributed by atoms with Crippen LogP contribution in [0.5, 0.6) is 0 Å². The van der Waals surface area contributed by atoms with Crippen molar-refractivity contribution in [3.05, 3.63) is 30.2 Å². The molecule has 5 nitrogen and oxygen atoms in total. The summed E-state index contributed by atoms with van der Waals surface area (Å²) in [7, 11) is 0. The van der Waals surface area contributed by atoms with Gasteiger partial charge in [-0.3, -0.25) is 9.59 Å². The van der Waals surface area contributed by atoms with Crippen molar-refractivity contribution in [1.29, 1.82) is 0 Å². The summed E-state index contributed by atoms with van der Waals surface area (Å²) in [6, 6.07) is 3.49. The second kappa shape index (κ2) is 7.27. The number of amides is 1. The molecule has 0 saturated carbocycles. The Bertz CT molecular complexity index is 381. The van der Waals surface area contributed by atoms with Crippen molar-refractivity contribution in [2.75, 3.05) is 6.54 Å². The van der Waals surface area contributed by atoms with Crippen molar-refractivity contribution in [2.45, 2.75) is 19.3 Å². The van der Waals surface area contributed by atoms with Crippen LogP contribution < -0.4 is 5.32 Å². The molecule has 0 atom stereocenters. The molecule has 92 valence electrons. The third-order valence-electron chi connectivity index (χ3n) is 2.06. The fourth-order valence-electron chi connectivity index (χ4n) is 1.22. The molecule has 0 unspecified atom stereocenters. The summed E-state index contributed by atoms with van der Waals surface area (Å²) in [5.41, 5.74) is 0. The third-order valence-corrected chi connectivity index (χ3v) is 2.06. The van der Waals surface area contributed by atoms with Gasteiger partial charge in [0, 0.05) is 19.0 Å². The van der Waals surface area contributed by atoms with E-state index in [0.717, 1.165) is 0 Å². The molecule has 1 heterocycles. The molecule has 1 aromatic heterocycles. The Kier molecular flexibility index (Phi) is 5.57. The van der Waals surface area contributed by atoms with Crippen molar-refractivity contribution >= 4 is 18.0 Å². The summed E-state index contributed by atoms with van der Waals surface area (Å²) in [5.74, 6) is -0.406. The molecule has 1 amide bonds. The predicted octanol–water partition coefficient (Wildman–Crippen LogP) is 1.66. The Balaban J connectivity index is 2.11. The number of carboxylic acid groups (broad SMARTS) is 1. The van der Waals surface area contributed by atoms with E-state index in [0.29, 0.717) is 25.1 Å². The number of nitrogens with one attached hydrogen (secondary N) is 1. The van der Waals surface area contributed by atoms with Crippen LogP contribution in [0.1, 0.15) is 25.0 Å². The van der Waals surface area contributed by atoms with E-state index < -0.39 is 5.97 Å². The van der Waals surface area contributed by atoms with Crippen LogP contribution in [0.4, 0.5) is 0 Å². The molecular weight excluding hydrogens is 222 g/mol. The largest absolute Gasteiger partial charge is 0.481 e. The van der Waals surface area contributed by atoms with E-state index in [4.69, 9.17) is 9.52 Å². The average Bonchev–Trinajstić information content (AvgIpc) is 2.78. The summed E-state index contributed by atoms with van der Waals surface area (Å²) >= 11 is 0. The Morgan fingerprint density at radius 1 is 1.41 bits per heavy atom. The highest BCUT2D eigenvalue weighted by Crippen LogP contribution is 2.01. The van der Waals surface area contributed by atoms with Crippen molar-refractivity contribution in [3.8, 4) is 0 Å². The van der Waals surface area contributed by atoms with Crippen molar-refractivity contribution in [2.24, 2.45) is 0 Å². The van der Waals surface area contributed by atoms with Gasteiger partial charge in [0.15, 0.2) is 0 Å². The molecule has 0 saturated heterocycles. The number of carboxylic acids is 1. The predicted molar refractivity (Wildman–Crippen MR) is 62.2 cm³/mol. The van der Waals surface area contributed by atoms with Crippen molar-refractivity contribution in [3.63, 3.8) is 0 Å². The number of hydrogen-bond donors (Lipinski definition) is 2. The van der Waals surface area contributed by atoms with Gasteiger partial charge in [0.25, 0.3) is 0 Å². The maximum absolute atomic E-state index is 11.3. The third kappa shape index (κ3) is 6.19. The zero-order chi connectivity index (χ0) is 12.5. The summed E-state index contributed by atoms with van der Waals surface area (Å²) in [6.07, 6.45) is 5.86. The van der Waals surface area contributed by atoms with Gasteiger partial charge in [-0.2, -0.15) is 0 Å². The van der Waals surface area contributed by atoms with Crippen LogP contribution in [0.15, 0.2) is 28.9 Å². The molecule has 0 bridgehead atoms. The Hall–Kier alpha value is -2.04. The monoisotopic (exact) mass is 237 g/mol. The number of aliphatic carboxylic acids is 1. The minimum absolute atomic E-state index is 0.137. The summed E-state index contributed by atoms with van der Waals surface area (Å²) < 4.78 is 5.02. The zero-order valence-electron chi connectivity index (χ0n) is 9.39. The number of unbranched alkanes of at least 4 members (excludes halogenated alkanes) is 1. The highest BCUT2D eigenvalue weighted by Gasteiger charge is 1.98. The Labute approximate surface area is 99.1 Å². The van der Waals surface area contributed by atoms with E-state index in [1.165, 1.54) is 12.3 Å². The summed E-state index contributed by atoms with van der Waals surface area (Å²) in [5, 5.41) is 11.1. The van der Waals surface area contributed by atoms with E-state index in [1.54, 1.807) is 18.2 Å². The van der Waals surface area contributed by atoms with Gasteiger partial charge in [-0.1, -0.05) is 0 Å². The normalized spacial score (nSPS) is 10.6. The van der Waals surface area contributed by atoms with Gasteiger partial charge in [0.2, 0.25) is 5.91 Å². The SMILES string of the molecule is O=C(O)CCCCNC(=O)/C=C/c1ccco1. The summed E-state index contributed by atoms with van der Waals surface area (Å²) in [4.78, 5) is 21.5. The van der Waals surface area contributed by atoms with Crippen LogP contribution in [-0.2, 0) is 9.59 Å². The second-order valence-corrected chi connectivity index (χ2v) is 3.49. The fraction of sp³-hybridized carbons (Fsp3) is 0.333. The van der Waals surface area contributed by atoms with Gasteiger partial charge in [0.1, 0.15) is 5.76 Å². The van der Waals surface area contributed by atoms with Crippen LogP contribution in [0.3, 0.4) is 0 Å². The van der Waals surface area contributed by atoms with Gasteiger partial charge in [0.05, 0.1) is 6.26 Å². The van der Waals surface area contributed by atoms with Gasteiger partial charge < -0.3 is 14.8 Å². The maximum atomic E-state index is 11.3. The minimum atomic E-state index is -0.811. The molecule has 0 aliphatic carbocycles. The highest BCUT2D eigenvalue weighted by molar-refractivity contribution is 5.91. The number of carbonyl (C=O) groups excluding carboxylic acids is 1. The Morgan fingerprint density at radius 3 is 2.88 bits per heavy atom. The first kappa shape index (κ1) is 13.0. The van der Waals surface area contributed by atoms with Crippen LogP contribution in [-0.4, -0.2) is 23.5 Å². The lowest BCUT2D eigenvalue weighted by Gasteiger charge is -2.00. The average molecular weight is 237 g/mol. The molecule has 2 N–H and O–H groups in total. The molecule has 5 heteroatoms. The van der Waals surface area contributed by atoms with Gasteiger partial charge in [-0.25, -0.2) is 0 Å². The zero-order valence-corrected chi connectivity index (χ0v) is 9.39. The van der Waals surface area contributed by atoms with E-state index in [2.05, 4.69) is 5.32 Å². The molecule has 0 fully saturated rings. The number of furan rings is 1. The smallest absolute Gasteiger partial charge is 0.303 e. The van der Waals surface area contributed by atoms with Gasteiger partial charge in [-0.05, 0) is 31.1 Å². The first-order valence-corrected chi connectivity index (χ1v) is 5.39. The van der Waals surface area contributed by atoms with E-state index in [1.807, 2.05) is 0 Å². The quantitative estimate of drug-likeness (QED) is 0.558. The minimum Gasteiger partial charge on any atom is -0.481 e. The fourth-order valence-corrected chi connectivity index (χ4v) is 1.22. The first-order valence-electron chi connectivity index (χ1n) is 5.39. The van der Waals surface area contributed by atoms with Crippen LogP contribution >= 0.6 is 0 Å². The molecule has 1 rings (SSSR count). The molecule has 17 heavy (non-hydrogen) atoms. The second-order valence-electron chi connectivity index (χ2n) is 3.49. The molecule has 0 spiro atoms. The lowest BCUT2D eigenvalue weighted by atomic mass is 10.2. The van der Waals surface area contributed by atoms with Crippen LogP contribution in [0, 0.1) is 0 Å². The Morgan fingerprint density at radius 2 is 2.24 bits per heavy atom. The molecule has 0 radical (unpaired) electrons. The standard InChI is InChI=1S/C12H15NO4/c14-11(7-6-10-4-3-9-17-10)13-8-2-1-5-12(15)16/h3-4,6-7,9H,1-2,5,8H2,(H,13,14)(H,15,16)/b7-6+. The lowest BCUT2D eigenvalue weighted by molar-refractivity contribution is -0.137. The molecular formula is C12H15NO4. The number of rotatable bonds is 7. The van der Waals surface area contributed by atoms with E-state index >= 15 is 0 Å². The lowest BCUT2D eigenvalue weighted by Crippen LogP contribution is -2.22. The maximum Gasteiger partial charge on any atom is 0.303 e. The van der Waals surface area contributed by atoms with Crippen LogP contribution in [0.25, 0.3) is 6.08 Å². The summed E-state index contributed by atoms with van der Waals surface area (Å²) in [6.45, 7) is 0.481. The molecule has 0 aliphatic heterocycles. The first-order chi connectivity index (χ1) is 8.18. The van der Waals surface area contributed by atoms with Crippen molar-refractivity contribution < 1.29 is 19.1 Å². The number of hydrogen-bond acceptors (Lipinski definition) is 3. The van der Waals surface area contributed by atoms with E-state index in [-0.39, 0.29) is 12.3 Å². The number of carbonyl (C=O) groups is 2. The molecule has 0 aromatic carbocycles. The van der Waals surface area contributed by atoms with Gasteiger partial charge in [-0.15, -0.1) is 0 Å². The van der Waals surface area contributed by atoms with E-state index in [9.17, 15) is 9.59 Å². The van der Waals surface area contributed by atoms with Crippen LogP contribution in [0.2, 0.25) is 0 Å². The molecule has 1 aromatic rings. The molecule has 0 aliphatic rings. The van der Waals surface area contributed by atoms with Crippen molar-refractivity contribution in [1.82, 2.24) is 5.32 Å². The topological polar surface area (TPSA) is 79.5 Å². The highest BCUT2D eigenvalue weighted by atomic mass is 16.4.